The number of urea groups is 1. The molecular weight excluding hydrogens is 517 g/mol. The van der Waals surface area contributed by atoms with Crippen LogP contribution < -0.4 is 15.0 Å². The SMILES string of the molecule is CCc1c(Cl)cc([N+](=O)[O-])c(CC)c1NC(=O)N(c1ccc(OC)cc1CO)[C@@H](C)c1ccc(Cl)cc1. The number of nitrogens with one attached hydrogen (secondary N) is 1. The van der Waals surface area contributed by atoms with Gasteiger partial charge in [-0.15, -0.1) is 0 Å². The molecule has 0 unspecified atom stereocenters. The van der Waals surface area contributed by atoms with Gasteiger partial charge < -0.3 is 15.2 Å². The number of rotatable bonds is 9. The molecule has 3 aromatic carbocycles. The summed E-state index contributed by atoms with van der Waals surface area (Å²) in [4.78, 5) is 26.8. The molecule has 0 aliphatic rings. The van der Waals surface area contributed by atoms with Gasteiger partial charge in [0.2, 0.25) is 0 Å². The Balaban J connectivity index is 2.19. The summed E-state index contributed by atoms with van der Waals surface area (Å²) in [5, 5.41) is 25.6. The van der Waals surface area contributed by atoms with Crippen LogP contribution in [0.4, 0.5) is 21.9 Å². The van der Waals surface area contributed by atoms with E-state index in [-0.39, 0.29) is 17.3 Å². The maximum absolute atomic E-state index is 14.0. The molecule has 10 heteroatoms. The van der Waals surface area contributed by atoms with Crippen LogP contribution in [0.15, 0.2) is 48.5 Å². The van der Waals surface area contributed by atoms with E-state index < -0.39 is 17.0 Å². The minimum Gasteiger partial charge on any atom is -0.497 e. The number of hydrogen-bond donors (Lipinski definition) is 2. The van der Waals surface area contributed by atoms with Crippen LogP contribution in [-0.4, -0.2) is 23.2 Å². The van der Waals surface area contributed by atoms with Gasteiger partial charge in [-0.3, -0.25) is 15.0 Å². The average Bonchev–Trinajstić information content (AvgIpc) is 2.89. The van der Waals surface area contributed by atoms with Crippen molar-refractivity contribution in [3.63, 3.8) is 0 Å². The highest BCUT2D eigenvalue weighted by Gasteiger charge is 2.29. The van der Waals surface area contributed by atoms with E-state index in [4.69, 9.17) is 27.9 Å². The van der Waals surface area contributed by atoms with Crippen molar-refractivity contribution < 1.29 is 19.6 Å². The number of halogens is 2. The molecule has 0 fully saturated rings. The molecule has 8 nitrogen and oxygen atoms in total. The summed E-state index contributed by atoms with van der Waals surface area (Å²) in [6.45, 7) is 5.15. The second kappa shape index (κ2) is 12.3. The summed E-state index contributed by atoms with van der Waals surface area (Å²) < 4.78 is 5.29. The molecule has 2 amide bonds. The lowest BCUT2D eigenvalue weighted by atomic mass is 10.0. The van der Waals surface area contributed by atoms with E-state index in [0.717, 1.165) is 5.56 Å². The summed E-state index contributed by atoms with van der Waals surface area (Å²) in [5.74, 6) is 0.527. The molecule has 37 heavy (non-hydrogen) atoms. The van der Waals surface area contributed by atoms with Gasteiger partial charge in [-0.1, -0.05) is 49.2 Å². The van der Waals surface area contributed by atoms with Crippen LogP contribution in [0, 0.1) is 10.1 Å². The number of methoxy groups -OCH3 is 1. The van der Waals surface area contributed by atoms with Gasteiger partial charge in [-0.05, 0) is 61.2 Å². The lowest BCUT2D eigenvalue weighted by Crippen LogP contribution is -2.38. The smallest absolute Gasteiger partial charge is 0.326 e. The number of aliphatic hydroxyl groups is 1. The van der Waals surface area contributed by atoms with E-state index in [1.165, 1.54) is 18.1 Å². The van der Waals surface area contributed by atoms with Crippen molar-refractivity contribution >= 4 is 46.3 Å². The van der Waals surface area contributed by atoms with Gasteiger partial charge in [0.05, 0.1) is 46.6 Å². The molecule has 3 aromatic rings. The number of nitro groups is 1. The average molecular weight is 546 g/mol. The summed E-state index contributed by atoms with van der Waals surface area (Å²) in [6.07, 6.45) is 0.768. The zero-order valence-electron chi connectivity index (χ0n) is 21.0. The number of hydrogen-bond acceptors (Lipinski definition) is 5. The van der Waals surface area contributed by atoms with E-state index >= 15 is 0 Å². The van der Waals surface area contributed by atoms with Gasteiger partial charge in [-0.25, -0.2) is 4.79 Å². The van der Waals surface area contributed by atoms with Crippen LogP contribution >= 0.6 is 23.2 Å². The standard InChI is InChI=1S/C27H29Cl2N3O5/c1-5-21-23(29)14-25(32(35)36)22(6-2)26(21)30-27(34)31(16(3)17-7-9-19(28)10-8-17)24-12-11-20(37-4)13-18(24)15-33/h7-14,16,33H,5-6,15H2,1-4H3,(H,30,34)/t16-/m0/s1. The Hall–Kier alpha value is -3.33. The zero-order valence-corrected chi connectivity index (χ0v) is 22.6. The van der Waals surface area contributed by atoms with Crippen molar-refractivity contribution in [2.24, 2.45) is 0 Å². The molecule has 0 heterocycles. The molecule has 0 saturated carbocycles. The van der Waals surface area contributed by atoms with E-state index in [1.807, 2.05) is 26.0 Å². The topological polar surface area (TPSA) is 105 Å². The number of anilines is 2. The number of nitrogens with zero attached hydrogens (tertiary/aromatic N) is 2. The number of ether oxygens (including phenoxy) is 1. The van der Waals surface area contributed by atoms with E-state index in [2.05, 4.69) is 5.32 Å². The Bertz CT molecular complexity index is 1300. The fourth-order valence-corrected chi connectivity index (χ4v) is 4.80. The van der Waals surface area contributed by atoms with Crippen LogP contribution in [0.2, 0.25) is 10.0 Å². The lowest BCUT2D eigenvalue weighted by Gasteiger charge is -2.32. The van der Waals surface area contributed by atoms with Crippen LogP contribution in [0.5, 0.6) is 5.75 Å². The maximum Gasteiger partial charge on any atom is 0.326 e. The summed E-state index contributed by atoms with van der Waals surface area (Å²) in [5.41, 5.74) is 2.88. The number of aliphatic hydroxyl groups excluding tert-OH is 1. The minimum atomic E-state index is -0.539. The number of nitro benzene ring substituents is 1. The third kappa shape index (κ3) is 5.98. The molecule has 2 N–H and O–H groups in total. The summed E-state index contributed by atoms with van der Waals surface area (Å²) in [6, 6.07) is 12.4. The first-order valence-electron chi connectivity index (χ1n) is 11.8. The highest BCUT2D eigenvalue weighted by molar-refractivity contribution is 6.32. The molecule has 196 valence electrons. The largest absolute Gasteiger partial charge is 0.497 e. The molecule has 0 saturated heterocycles. The number of benzene rings is 3. The van der Waals surface area contributed by atoms with Crippen molar-refractivity contribution in [2.75, 3.05) is 17.3 Å². The predicted molar refractivity (Wildman–Crippen MR) is 147 cm³/mol. The molecule has 0 aliphatic heterocycles. The first kappa shape index (κ1) is 28.2. The highest BCUT2D eigenvalue weighted by Crippen LogP contribution is 2.38. The Kier molecular flexibility index (Phi) is 9.37. The Morgan fingerprint density at radius 1 is 1.11 bits per heavy atom. The molecule has 0 aliphatic carbocycles. The predicted octanol–water partition coefficient (Wildman–Crippen LogP) is 7.33. The normalized spacial score (nSPS) is 11.6. The Labute approximate surface area is 225 Å². The van der Waals surface area contributed by atoms with Gasteiger partial charge in [-0.2, -0.15) is 0 Å². The van der Waals surface area contributed by atoms with Crippen LogP contribution in [-0.2, 0) is 19.4 Å². The number of amides is 2. The van der Waals surface area contributed by atoms with Gasteiger partial charge in [0, 0.05) is 16.7 Å². The van der Waals surface area contributed by atoms with Crippen molar-refractivity contribution in [1.82, 2.24) is 0 Å². The second-order valence-electron chi connectivity index (χ2n) is 8.35. The van der Waals surface area contributed by atoms with Crippen LogP contribution in [0.25, 0.3) is 0 Å². The molecule has 3 rings (SSSR count). The summed E-state index contributed by atoms with van der Waals surface area (Å²) >= 11 is 12.5. The maximum atomic E-state index is 14.0. The number of carbonyl (C=O) groups excluding carboxylic acids is 1. The lowest BCUT2D eigenvalue weighted by molar-refractivity contribution is -0.385. The van der Waals surface area contributed by atoms with Crippen molar-refractivity contribution in [3.05, 3.63) is 90.9 Å². The molecule has 0 bridgehead atoms. The zero-order chi connectivity index (χ0) is 27.3. The Morgan fingerprint density at radius 3 is 2.30 bits per heavy atom. The monoisotopic (exact) mass is 545 g/mol. The molecule has 0 radical (unpaired) electrons. The fraction of sp³-hybridized carbons (Fsp3) is 0.296. The fourth-order valence-electron chi connectivity index (χ4n) is 4.34. The summed E-state index contributed by atoms with van der Waals surface area (Å²) in [7, 11) is 1.52. The van der Waals surface area contributed by atoms with Crippen molar-refractivity contribution in [3.8, 4) is 5.75 Å². The van der Waals surface area contributed by atoms with Gasteiger partial charge in [0.25, 0.3) is 5.69 Å². The van der Waals surface area contributed by atoms with Gasteiger partial charge in [0.15, 0.2) is 0 Å². The molecule has 0 aromatic heterocycles. The van der Waals surface area contributed by atoms with E-state index in [9.17, 15) is 20.0 Å². The highest BCUT2D eigenvalue weighted by atomic mass is 35.5. The van der Waals surface area contributed by atoms with Crippen molar-refractivity contribution in [1.29, 1.82) is 0 Å². The van der Waals surface area contributed by atoms with E-state index in [1.54, 1.807) is 37.3 Å². The van der Waals surface area contributed by atoms with Crippen LogP contribution in [0.3, 0.4) is 0 Å². The Morgan fingerprint density at radius 2 is 1.76 bits per heavy atom. The number of carbonyl (C=O) groups is 1. The third-order valence-corrected chi connectivity index (χ3v) is 6.86. The first-order chi connectivity index (χ1) is 17.7. The van der Waals surface area contributed by atoms with E-state index in [0.29, 0.717) is 51.7 Å². The second-order valence-corrected chi connectivity index (χ2v) is 9.20. The molecule has 0 spiro atoms. The molecular formula is C27H29Cl2N3O5. The van der Waals surface area contributed by atoms with Crippen LogP contribution in [0.1, 0.15) is 49.1 Å². The minimum absolute atomic E-state index is 0.155. The molecule has 1 atom stereocenters. The van der Waals surface area contributed by atoms with Crippen molar-refractivity contribution in [2.45, 2.75) is 46.3 Å². The third-order valence-electron chi connectivity index (χ3n) is 6.28. The van der Waals surface area contributed by atoms with Gasteiger partial charge in [0.1, 0.15) is 5.75 Å². The first-order valence-corrected chi connectivity index (χ1v) is 12.5. The van der Waals surface area contributed by atoms with Gasteiger partial charge >= 0.3 is 6.03 Å². The quantitative estimate of drug-likeness (QED) is 0.216.